The average molecular weight is 247 g/mol. The van der Waals surface area contributed by atoms with Crippen LogP contribution in [0.5, 0.6) is 0 Å². The molecule has 2 rings (SSSR count). The zero-order valence-electron chi connectivity index (χ0n) is 11.4. The molecule has 0 spiro atoms. The SMILES string of the molecule is CN1CCC(c2cccc(C(=O)N(C)C)n2)CC1. The number of rotatable bonds is 2. The van der Waals surface area contributed by atoms with Gasteiger partial charge in [-0.15, -0.1) is 0 Å². The number of amides is 1. The second-order valence-electron chi connectivity index (χ2n) is 5.22. The molecule has 1 amide bonds. The van der Waals surface area contributed by atoms with E-state index in [1.165, 1.54) is 0 Å². The van der Waals surface area contributed by atoms with Gasteiger partial charge in [0.1, 0.15) is 5.69 Å². The van der Waals surface area contributed by atoms with Gasteiger partial charge in [0.25, 0.3) is 5.91 Å². The van der Waals surface area contributed by atoms with Gasteiger partial charge in [-0.05, 0) is 45.1 Å². The van der Waals surface area contributed by atoms with E-state index in [4.69, 9.17) is 0 Å². The van der Waals surface area contributed by atoms with E-state index >= 15 is 0 Å². The highest BCUT2D eigenvalue weighted by atomic mass is 16.2. The minimum absolute atomic E-state index is 0.0234. The fourth-order valence-corrected chi connectivity index (χ4v) is 2.33. The summed E-state index contributed by atoms with van der Waals surface area (Å²) in [5.74, 6) is 0.473. The maximum Gasteiger partial charge on any atom is 0.271 e. The summed E-state index contributed by atoms with van der Waals surface area (Å²) >= 11 is 0. The standard InChI is InChI=1S/C14H21N3O/c1-16(2)14(18)13-6-4-5-12(15-13)11-7-9-17(3)10-8-11/h4-6,11H,7-10H2,1-3H3. The topological polar surface area (TPSA) is 36.4 Å². The number of pyridine rings is 1. The van der Waals surface area contributed by atoms with E-state index in [1.54, 1.807) is 25.1 Å². The maximum atomic E-state index is 11.9. The molecule has 18 heavy (non-hydrogen) atoms. The quantitative estimate of drug-likeness (QED) is 0.796. The average Bonchev–Trinajstić information content (AvgIpc) is 2.38. The van der Waals surface area contributed by atoms with Crippen molar-refractivity contribution in [2.24, 2.45) is 0 Å². The van der Waals surface area contributed by atoms with Gasteiger partial charge in [0.15, 0.2) is 0 Å². The van der Waals surface area contributed by atoms with Crippen LogP contribution >= 0.6 is 0 Å². The molecule has 1 fully saturated rings. The van der Waals surface area contributed by atoms with Crippen molar-refractivity contribution in [3.63, 3.8) is 0 Å². The van der Waals surface area contributed by atoms with Gasteiger partial charge in [-0.2, -0.15) is 0 Å². The van der Waals surface area contributed by atoms with Crippen molar-refractivity contribution in [2.75, 3.05) is 34.2 Å². The fraction of sp³-hybridized carbons (Fsp3) is 0.571. The Morgan fingerprint density at radius 2 is 2.00 bits per heavy atom. The summed E-state index contributed by atoms with van der Waals surface area (Å²) in [4.78, 5) is 20.3. The molecule has 0 unspecified atom stereocenters. The first kappa shape index (κ1) is 13.0. The number of hydrogen-bond donors (Lipinski definition) is 0. The third kappa shape index (κ3) is 2.88. The minimum atomic E-state index is -0.0234. The van der Waals surface area contributed by atoms with Gasteiger partial charge >= 0.3 is 0 Å². The third-order valence-corrected chi connectivity index (χ3v) is 3.53. The van der Waals surface area contributed by atoms with E-state index < -0.39 is 0 Å². The van der Waals surface area contributed by atoms with Crippen molar-refractivity contribution in [3.05, 3.63) is 29.6 Å². The van der Waals surface area contributed by atoms with E-state index in [1.807, 2.05) is 12.1 Å². The van der Waals surface area contributed by atoms with Crippen LogP contribution in [0.4, 0.5) is 0 Å². The van der Waals surface area contributed by atoms with Gasteiger partial charge in [-0.1, -0.05) is 6.07 Å². The summed E-state index contributed by atoms with van der Waals surface area (Å²) in [6.07, 6.45) is 2.26. The molecule has 0 radical (unpaired) electrons. The molecule has 0 atom stereocenters. The van der Waals surface area contributed by atoms with Crippen LogP contribution in [0.3, 0.4) is 0 Å². The first-order valence-corrected chi connectivity index (χ1v) is 6.45. The van der Waals surface area contributed by atoms with Gasteiger partial charge in [-0.3, -0.25) is 4.79 Å². The number of likely N-dealkylation sites (tertiary alicyclic amines) is 1. The molecule has 1 aromatic heterocycles. The molecule has 0 aliphatic carbocycles. The fourth-order valence-electron chi connectivity index (χ4n) is 2.33. The first-order chi connectivity index (χ1) is 8.58. The molecule has 0 saturated carbocycles. The summed E-state index contributed by atoms with van der Waals surface area (Å²) in [5, 5.41) is 0. The lowest BCUT2D eigenvalue weighted by atomic mass is 9.93. The van der Waals surface area contributed by atoms with Gasteiger partial charge in [0, 0.05) is 25.7 Å². The first-order valence-electron chi connectivity index (χ1n) is 6.45. The molecular weight excluding hydrogens is 226 g/mol. The minimum Gasteiger partial charge on any atom is -0.343 e. The molecule has 98 valence electrons. The second kappa shape index (κ2) is 5.48. The molecule has 1 aromatic rings. The molecule has 1 saturated heterocycles. The van der Waals surface area contributed by atoms with E-state index in [-0.39, 0.29) is 5.91 Å². The zero-order chi connectivity index (χ0) is 13.1. The molecule has 1 aliphatic rings. The Kier molecular flexibility index (Phi) is 3.97. The summed E-state index contributed by atoms with van der Waals surface area (Å²) in [6.45, 7) is 2.22. The normalized spacial score (nSPS) is 17.7. The predicted molar refractivity (Wildman–Crippen MR) is 71.7 cm³/mol. The van der Waals surface area contributed by atoms with Crippen molar-refractivity contribution in [3.8, 4) is 0 Å². The van der Waals surface area contributed by atoms with E-state index in [0.29, 0.717) is 11.6 Å². The number of hydrogen-bond acceptors (Lipinski definition) is 3. The lowest BCUT2D eigenvalue weighted by Gasteiger charge is -2.28. The summed E-state index contributed by atoms with van der Waals surface area (Å²) in [5.41, 5.74) is 1.62. The Balaban J connectivity index is 2.14. The Bertz CT molecular complexity index is 423. The molecule has 0 aromatic carbocycles. The van der Waals surface area contributed by atoms with E-state index in [9.17, 15) is 4.79 Å². The second-order valence-corrected chi connectivity index (χ2v) is 5.22. The highest BCUT2D eigenvalue weighted by Crippen LogP contribution is 2.26. The van der Waals surface area contributed by atoms with Crippen LogP contribution in [-0.2, 0) is 0 Å². The molecule has 0 bridgehead atoms. The van der Waals surface area contributed by atoms with Crippen molar-refractivity contribution < 1.29 is 4.79 Å². The van der Waals surface area contributed by atoms with Crippen LogP contribution in [0.2, 0.25) is 0 Å². The van der Waals surface area contributed by atoms with Crippen LogP contribution in [0.1, 0.15) is 34.9 Å². The summed E-state index contributed by atoms with van der Waals surface area (Å²) < 4.78 is 0. The maximum absolute atomic E-state index is 11.9. The summed E-state index contributed by atoms with van der Waals surface area (Å²) in [7, 11) is 5.66. The predicted octanol–water partition coefficient (Wildman–Crippen LogP) is 1.59. The zero-order valence-corrected chi connectivity index (χ0v) is 11.4. The molecule has 0 N–H and O–H groups in total. The lowest BCUT2D eigenvalue weighted by Crippen LogP contribution is -2.30. The van der Waals surface area contributed by atoms with Crippen LogP contribution in [0, 0.1) is 0 Å². The largest absolute Gasteiger partial charge is 0.343 e. The molecule has 4 heteroatoms. The van der Waals surface area contributed by atoms with Gasteiger partial charge in [0.2, 0.25) is 0 Å². The third-order valence-electron chi connectivity index (χ3n) is 3.53. The van der Waals surface area contributed by atoms with Gasteiger partial charge < -0.3 is 9.80 Å². The summed E-state index contributed by atoms with van der Waals surface area (Å²) in [6, 6.07) is 5.78. The lowest BCUT2D eigenvalue weighted by molar-refractivity contribution is 0.0821. The Hall–Kier alpha value is -1.42. The van der Waals surface area contributed by atoms with Crippen molar-refractivity contribution in [2.45, 2.75) is 18.8 Å². The van der Waals surface area contributed by atoms with E-state index in [0.717, 1.165) is 31.6 Å². The van der Waals surface area contributed by atoms with E-state index in [2.05, 4.69) is 16.9 Å². The van der Waals surface area contributed by atoms with Crippen LogP contribution in [-0.4, -0.2) is 54.9 Å². The Morgan fingerprint density at radius 1 is 1.33 bits per heavy atom. The van der Waals surface area contributed by atoms with Crippen molar-refractivity contribution >= 4 is 5.91 Å². The highest BCUT2D eigenvalue weighted by Gasteiger charge is 2.20. The number of carbonyl (C=O) groups is 1. The van der Waals surface area contributed by atoms with Crippen LogP contribution < -0.4 is 0 Å². The Morgan fingerprint density at radius 3 is 2.61 bits per heavy atom. The molecular formula is C14H21N3O. The van der Waals surface area contributed by atoms with Crippen molar-refractivity contribution in [1.82, 2.24) is 14.8 Å². The van der Waals surface area contributed by atoms with Crippen LogP contribution in [0.15, 0.2) is 18.2 Å². The van der Waals surface area contributed by atoms with Crippen LogP contribution in [0.25, 0.3) is 0 Å². The Labute approximate surface area is 109 Å². The molecule has 1 aliphatic heterocycles. The number of nitrogens with zero attached hydrogens (tertiary/aromatic N) is 3. The number of aromatic nitrogens is 1. The van der Waals surface area contributed by atoms with Crippen molar-refractivity contribution in [1.29, 1.82) is 0 Å². The number of carbonyl (C=O) groups excluding carboxylic acids is 1. The molecule has 2 heterocycles. The van der Waals surface area contributed by atoms with Gasteiger partial charge in [-0.25, -0.2) is 4.98 Å². The monoisotopic (exact) mass is 247 g/mol. The van der Waals surface area contributed by atoms with Gasteiger partial charge in [0.05, 0.1) is 0 Å². The highest BCUT2D eigenvalue weighted by molar-refractivity contribution is 5.91. The smallest absolute Gasteiger partial charge is 0.271 e. The number of piperidine rings is 1. The molecule has 4 nitrogen and oxygen atoms in total.